The molecule has 0 saturated heterocycles. The predicted molar refractivity (Wildman–Crippen MR) is 434 cm³/mol. The van der Waals surface area contributed by atoms with E-state index in [0.29, 0.717) is 11.6 Å². The summed E-state index contributed by atoms with van der Waals surface area (Å²) in [7, 11) is 0. The number of benzene rings is 14. The third-order valence-electron chi connectivity index (χ3n) is 19.8. The van der Waals surface area contributed by atoms with Crippen molar-refractivity contribution in [3.63, 3.8) is 0 Å². The van der Waals surface area contributed by atoms with Crippen LogP contribution in [0.2, 0.25) is 0 Å². The number of rotatable bonds is 12. The fraction of sp³-hybridized carbons (Fsp3) is 0. The maximum Gasteiger partial charge on any atom is 0.160 e. The minimum absolute atomic E-state index is 0.672. The first-order chi connectivity index (χ1) is 52.5. The highest BCUT2D eigenvalue weighted by Crippen LogP contribution is 2.45. The molecule has 0 saturated carbocycles. The Morgan fingerprint density at radius 1 is 0.179 bits per heavy atom. The van der Waals surface area contributed by atoms with Crippen LogP contribution in [0.15, 0.2) is 385 Å². The van der Waals surface area contributed by atoms with Gasteiger partial charge in [0.1, 0.15) is 22.3 Å². The Bertz CT molecular complexity index is 6460. The quantitative estimate of drug-likeness (QED) is 0.119. The van der Waals surface area contributed by atoms with Gasteiger partial charge in [0.25, 0.3) is 0 Å². The lowest BCUT2D eigenvalue weighted by atomic mass is 9.96. The molecule has 0 N–H and O–H groups in total. The van der Waals surface area contributed by atoms with Gasteiger partial charge in [-0.15, -0.1) is 0 Å². The molecule has 20 aromatic rings. The van der Waals surface area contributed by atoms with Gasteiger partial charge in [-0.2, -0.15) is 0 Å². The summed E-state index contributed by atoms with van der Waals surface area (Å²) < 4.78 is 13.3. The first-order valence-corrected chi connectivity index (χ1v) is 35.5. The van der Waals surface area contributed by atoms with E-state index in [0.717, 1.165) is 178 Å². The van der Waals surface area contributed by atoms with Gasteiger partial charge in [0.2, 0.25) is 0 Å². The van der Waals surface area contributed by atoms with Crippen LogP contribution in [0.25, 0.3) is 201 Å². The van der Waals surface area contributed by atoms with Crippen molar-refractivity contribution in [2.75, 3.05) is 0 Å². The van der Waals surface area contributed by atoms with Crippen molar-refractivity contribution in [3.8, 4) is 135 Å². The van der Waals surface area contributed by atoms with Crippen molar-refractivity contribution in [3.05, 3.63) is 376 Å². The van der Waals surface area contributed by atoms with Crippen LogP contribution in [-0.4, -0.2) is 29.9 Å². The second kappa shape index (κ2) is 27.2. The van der Waals surface area contributed by atoms with E-state index in [4.69, 9.17) is 38.7 Å². The summed E-state index contributed by atoms with van der Waals surface area (Å²) in [6, 6.07) is 130. The van der Waals surface area contributed by atoms with Gasteiger partial charge in [-0.05, 0) is 87.0 Å². The molecule has 8 nitrogen and oxygen atoms in total. The highest BCUT2D eigenvalue weighted by molar-refractivity contribution is 6.23. The van der Waals surface area contributed by atoms with Crippen LogP contribution in [0.5, 0.6) is 0 Å². The summed E-state index contributed by atoms with van der Waals surface area (Å²) in [5.74, 6) is 1.35. The van der Waals surface area contributed by atoms with Gasteiger partial charge < -0.3 is 8.83 Å². The van der Waals surface area contributed by atoms with E-state index >= 15 is 0 Å². The van der Waals surface area contributed by atoms with Crippen LogP contribution >= 0.6 is 0 Å². The molecule has 496 valence electrons. The lowest BCUT2D eigenvalue weighted by molar-refractivity contribution is 0.672. The molecule has 0 bridgehead atoms. The normalized spacial score (nSPS) is 11.4. The van der Waals surface area contributed by atoms with Crippen molar-refractivity contribution < 1.29 is 8.83 Å². The highest BCUT2D eigenvalue weighted by Gasteiger charge is 2.23. The van der Waals surface area contributed by atoms with Crippen molar-refractivity contribution in [1.82, 2.24) is 29.9 Å². The molecule has 0 radical (unpaired) electrons. The second-order valence-corrected chi connectivity index (χ2v) is 26.4. The largest absolute Gasteiger partial charge is 0.455 e. The summed E-state index contributed by atoms with van der Waals surface area (Å²) >= 11 is 0. The van der Waals surface area contributed by atoms with E-state index in [-0.39, 0.29) is 0 Å². The Kier molecular flexibility index (Phi) is 16.1. The van der Waals surface area contributed by atoms with Crippen LogP contribution in [-0.2, 0) is 0 Å². The third-order valence-corrected chi connectivity index (χ3v) is 19.8. The van der Waals surface area contributed by atoms with Crippen molar-refractivity contribution >= 4 is 65.7 Å². The lowest BCUT2D eigenvalue weighted by Gasteiger charge is -2.12. The van der Waals surface area contributed by atoms with E-state index in [2.05, 4.69) is 291 Å². The summed E-state index contributed by atoms with van der Waals surface area (Å²) in [6.45, 7) is 0. The molecule has 8 heteroatoms. The van der Waals surface area contributed by atoms with Gasteiger partial charge in [-0.25, -0.2) is 29.9 Å². The molecule has 0 aliphatic carbocycles. The Balaban J connectivity index is 0.000000149. The Morgan fingerprint density at radius 3 is 0.953 bits per heavy atom. The summed E-state index contributed by atoms with van der Waals surface area (Å²) in [4.78, 5) is 31.0. The lowest BCUT2D eigenvalue weighted by Crippen LogP contribution is -1.96. The molecule has 6 heterocycles. The standard InChI is InChI=1S/C55H35N3O.C43H27N3O/c1-4-12-36(13-5-1)39-20-24-41(25-21-39)49-35-50(58-55(57-49)44-30-22-40(23-31-44)37-14-6-2-7-15-37)42-26-28-43(29-27-42)53-52-46-18-10-11-19-51(46)59-54(52)47-34-45(32-33-48(47)56-53)38-16-8-3-9-17-38;1-4-13-28(14-5-1)33-20-12-21-35-39(33)42-40(34-19-10-11-22-38(34)47-42)41(44-35)31-23-25-32(26-24-31)43-45-36(29-15-6-2-7-16-29)27-37(46-43)30-17-8-3-9-18-30/h1-35H;1-27H. The van der Waals surface area contributed by atoms with Gasteiger partial charge >= 0.3 is 0 Å². The molecule has 106 heavy (non-hydrogen) atoms. The number of nitrogens with zero attached hydrogens (tertiary/aromatic N) is 6. The summed E-state index contributed by atoms with van der Waals surface area (Å²) in [6.07, 6.45) is 0. The van der Waals surface area contributed by atoms with Gasteiger partial charge in [-0.1, -0.05) is 334 Å². The molecule has 0 spiro atoms. The molecule has 0 aliphatic heterocycles. The number of aromatic nitrogens is 6. The molecular formula is C98H62N6O2. The van der Waals surface area contributed by atoms with Gasteiger partial charge in [0, 0.05) is 60.7 Å². The van der Waals surface area contributed by atoms with Crippen molar-refractivity contribution in [2.24, 2.45) is 0 Å². The van der Waals surface area contributed by atoms with Crippen LogP contribution in [0.4, 0.5) is 0 Å². The minimum atomic E-state index is 0.672. The van der Waals surface area contributed by atoms with Crippen molar-refractivity contribution in [1.29, 1.82) is 0 Å². The van der Waals surface area contributed by atoms with E-state index in [1.165, 1.54) is 11.1 Å². The first kappa shape index (κ1) is 62.6. The zero-order chi connectivity index (χ0) is 70.3. The molecule has 0 fully saturated rings. The molecule has 0 aliphatic rings. The molecular weight excluding hydrogens is 1290 g/mol. The van der Waals surface area contributed by atoms with Gasteiger partial charge in [0.05, 0.1) is 61.4 Å². The third kappa shape index (κ3) is 12.0. The second-order valence-electron chi connectivity index (χ2n) is 26.4. The minimum Gasteiger partial charge on any atom is -0.455 e. The zero-order valence-corrected chi connectivity index (χ0v) is 57.3. The maximum atomic E-state index is 6.63. The van der Waals surface area contributed by atoms with E-state index in [1.807, 2.05) is 84.9 Å². The topological polar surface area (TPSA) is 104 Å². The fourth-order valence-corrected chi connectivity index (χ4v) is 14.5. The molecule has 20 rings (SSSR count). The number of hydrogen-bond donors (Lipinski definition) is 0. The average molecular weight is 1360 g/mol. The maximum absolute atomic E-state index is 6.63. The Labute approximate surface area is 611 Å². The van der Waals surface area contributed by atoms with E-state index in [1.54, 1.807) is 0 Å². The molecule has 14 aromatic carbocycles. The number of hydrogen-bond acceptors (Lipinski definition) is 8. The smallest absolute Gasteiger partial charge is 0.160 e. The fourth-order valence-electron chi connectivity index (χ4n) is 14.5. The molecule has 0 unspecified atom stereocenters. The Morgan fingerprint density at radius 2 is 0.500 bits per heavy atom. The number of fused-ring (bicyclic) bond motifs is 10. The highest BCUT2D eigenvalue weighted by atomic mass is 16.3. The zero-order valence-electron chi connectivity index (χ0n) is 57.3. The number of para-hydroxylation sites is 2. The van der Waals surface area contributed by atoms with Gasteiger partial charge in [-0.3, -0.25) is 0 Å². The SMILES string of the molecule is c1ccc(-c2cc(-c3ccccc3)nc(-c3ccc(-c4nc5cccc(-c6ccccc6)c5c5oc6ccccc6c45)cc3)n2)cc1.c1ccc(-c2ccc(-c3cc(-c4ccc(-c5nc6ccc(-c7ccccc7)cc6c6oc7ccccc7c56)cc4)nc(-c4ccc(-c5ccccc5)cc4)n3)cc2)cc1. The average Bonchev–Trinajstić information content (AvgIpc) is 1.54. The van der Waals surface area contributed by atoms with E-state index < -0.39 is 0 Å². The number of furan rings is 2. The Hall–Kier alpha value is -14.3. The predicted octanol–water partition coefficient (Wildman–Crippen LogP) is 25.9. The van der Waals surface area contributed by atoms with Crippen LogP contribution in [0.1, 0.15) is 0 Å². The molecule has 0 atom stereocenters. The van der Waals surface area contributed by atoms with Gasteiger partial charge in [0.15, 0.2) is 11.6 Å². The molecule has 6 aromatic heterocycles. The van der Waals surface area contributed by atoms with Crippen LogP contribution < -0.4 is 0 Å². The van der Waals surface area contributed by atoms with E-state index in [9.17, 15) is 0 Å². The first-order valence-electron chi connectivity index (χ1n) is 35.5. The summed E-state index contributed by atoms with van der Waals surface area (Å²) in [5, 5.41) is 6.12. The monoisotopic (exact) mass is 1350 g/mol. The molecule has 0 amide bonds. The van der Waals surface area contributed by atoms with Crippen LogP contribution in [0, 0.1) is 0 Å². The number of pyridine rings is 2. The van der Waals surface area contributed by atoms with Crippen LogP contribution in [0.3, 0.4) is 0 Å². The van der Waals surface area contributed by atoms with Crippen molar-refractivity contribution in [2.45, 2.75) is 0 Å². The summed E-state index contributed by atoms with van der Waals surface area (Å²) in [5.41, 5.74) is 27.6.